The van der Waals surface area contributed by atoms with Crippen molar-refractivity contribution in [1.82, 2.24) is 9.21 Å². The molecule has 33 heavy (non-hydrogen) atoms. The fourth-order valence-corrected chi connectivity index (χ4v) is 4.90. The molecule has 11 heteroatoms. The van der Waals surface area contributed by atoms with Gasteiger partial charge in [0.05, 0.1) is 22.4 Å². The van der Waals surface area contributed by atoms with Gasteiger partial charge in [-0.15, -0.1) is 0 Å². The first-order valence-corrected chi connectivity index (χ1v) is 12.5. The molecule has 1 aliphatic heterocycles. The predicted octanol–water partition coefficient (Wildman–Crippen LogP) is 4.24. The topological polar surface area (TPSA) is 60.9 Å². The normalized spacial score (nSPS) is 17.5. The van der Waals surface area contributed by atoms with Crippen LogP contribution in [0.25, 0.3) is 0 Å². The molecule has 0 aromatic heterocycles. The number of benzene rings is 2. The monoisotopic (exact) mass is 508 g/mol. The minimum atomic E-state index is -4.62. The first-order chi connectivity index (χ1) is 15.3. The first kappa shape index (κ1) is 25.9. The molecule has 1 saturated heterocycles. The third-order valence-corrected chi connectivity index (χ3v) is 7.48. The van der Waals surface area contributed by atoms with Gasteiger partial charge in [0.25, 0.3) is 0 Å². The van der Waals surface area contributed by atoms with Gasteiger partial charge in [-0.05, 0) is 48.2 Å². The van der Waals surface area contributed by atoms with Crippen molar-refractivity contribution in [2.45, 2.75) is 31.2 Å². The maximum absolute atomic E-state index is 13.2. The molecule has 2 aromatic carbocycles. The predicted molar refractivity (Wildman–Crippen MR) is 118 cm³/mol. The number of sulfonamides is 1. The molecule has 0 unspecified atom stereocenters. The third-order valence-electron chi connectivity index (χ3n) is 5.90. The highest BCUT2D eigenvalue weighted by Gasteiger charge is 2.38. The first-order valence-electron chi connectivity index (χ1n) is 10.3. The summed E-state index contributed by atoms with van der Waals surface area (Å²) in [4.78, 5) is 1.96. The summed E-state index contributed by atoms with van der Waals surface area (Å²) in [6, 6.07) is 9.02. The van der Waals surface area contributed by atoms with E-state index in [1.807, 2.05) is 4.90 Å². The molecular weight excluding hydrogens is 484 g/mol. The van der Waals surface area contributed by atoms with Crippen LogP contribution in [0.3, 0.4) is 0 Å². The van der Waals surface area contributed by atoms with Crippen LogP contribution in [-0.4, -0.2) is 55.2 Å². The Labute approximate surface area is 195 Å². The Hall–Kier alpha value is -1.72. The summed E-state index contributed by atoms with van der Waals surface area (Å²) in [5.41, 5.74) is -1.60. The van der Waals surface area contributed by atoms with E-state index in [0.29, 0.717) is 25.2 Å². The molecule has 1 heterocycles. The summed E-state index contributed by atoms with van der Waals surface area (Å²) in [5.74, 6) is -0.409. The average molecular weight is 509 g/mol. The zero-order valence-corrected chi connectivity index (χ0v) is 19.5. The lowest BCUT2D eigenvalue weighted by molar-refractivity contribution is -0.137. The summed E-state index contributed by atoms with van der Waals surface area (Å²) in [6.07, 6.45) is -3.13. The lowest BCUT2D eigenvalue weighted by Crippen LogP contribution is -2.45. The van der Waals surface area contributed by atoms with E-state index in [1.165, 1.54) is 34.6 Å². The van der Waals surface area contributed by atoms with Gasteiger partial charge in [0.15, 0.2) is 0 Å². The smallest absolute Gasteiger partial charge is 0.385 e. The van der Waals surface area contributed by atoms with Crippen LogP contribution in [-0.2, 0) is 28.3 Å². The lowest BCUT2D eigenvalue weighted by Gasteiger charge is -2.39. The van der Waals surface area contributed by atoms with Gasteiger partial charge in [0.2, 0.25) is 10.0 Å². The zero-order valence-electron chi connectivity index (χ0n) is 17.9. The number of hydrogen-bond acceptors (Lipinski definition) is 4. The number of hydrogen-bond donors (Lipinski definition) is 1. The maximum atomic E-state index is 13.2. The van der Waals surface area contributed by atoms with Crippen LogP contribution in [0, 0.1) is 5.82 Å². The Morgan fingerprint density at radius 3 is 2.27 bits per heavy atom. The molecular formula is C22H25ClF4N2O3S. The summed E-state index contributed by atoms with van der Waals surface area (Å²) in [6.45, 7) is 1.44. The number of piperidine rings is 1. The van der Waals surface area contributed by atoms with E-state index in [2.05, 4.69) is 0 Å². The van der Waals surface area contributed by atoms with Crippen molar-refractivity contribution >= 4 is 21.6 Å². The van der Waals surface area contributed by atoms with Crippen LogP contribution in [0.5, 0.6) is 0 Å². The van der Waals surface area contributed by atoms with Crippen LogP contribution in [0.2, 0.25) is 5.02 Å². The van der Waals surface area contributed by atoms with E-state index in [0.717, 1.165) is 18.4 Å². The Kier molecular flexibility index (Phi) is 7.75. The molecule has 0 atom stereocenters. The summed E-state index contributed by atoms with van der Waals surface area (Å²) < 4.78 is 78.3. The van der Waals surface area contributed by atoms with Gasteiger partial charge in [-0.2, -0.15) is 17.5 Å². The van der Waals surface area contributed by atoms with Crippen molar-refractivity contribution < 1.29 is 31.1 Å². The van der Waals surface area contributed by atoms with Gasteiger partial charge in [-0.1, -0.05) is 29.8 Å². The van der Waals surface area contributed by atoms with Crippen molar-refractivity contribution in [3.8, 4) is 0 Å². The number of aliphatic hydroxyl groups is 1. The Balaban J connectivity index is 1.62. The van der Waals surface area contributed by atoms with E-state index < -0.39 is 38.2 Å². The molecule has 182 valence electrons. The number of halogens is 5. The molecule has 1 aliphatic rings. The van der Waals surface area contributed by atoms with E-state index >= 15 is 0 Å². The molecule has 3 rings (SSSR count). The van der Waals surface area contributed by atoms with Crippen LogP contribution in [0.1, 0.15) is 29.5 Å². The Bertz CT molecular complexity index is 1070. The van der Waals surface area contributed by atoms with Crippen LogP contribution >= 0.6 is 11.6 Å². The molecule has 0 radical (unpaired) electrons. The maximum Gasteiger partial charge on any atom is 0.417 e. The third kappa shape index (κ3) is 6.66. The van der Waals surface area contributed by atoms with Gasteiger partial charge < -0.3 is 10.0 Å². The number of alkyl halides is 3. The molecule has 1 N–H and O–H groups in total. The van der Waals surface area contributed by atoms with Gasteiger partial charge >= 0.3 is 6.18 Å². The molecule has 0 aliphatic carbocycles. The minimum Gasteiger partial charge on any atom is -0.385 e. The fraction of sp³-hybridized carbons (Fsp3) is 0.455. The average Bonchev–Trinajstić information content (AvgIpc) is 2.72. The highest BCUT2D eigenvalue weighted by Crippen LogP contribution is 2.39. The van der Waals surface area contributed by atoms with Gasteiger partial charge in [0.1, 0.15) is 5.82 Å². The van der Waals surface area contributed by atoms with E-state index in [4.69, 9.17) is 11.6 Å². The fourth-order valence-electron chi connectivity index (χ4n) is 3.88. The number of likely N-dealkylation sites (tertiary alicyclic amines) is 1. The van der Waals surface area contributed by atoms with Crippen LogP contribution in [0.15, 0.2) is 42.5 Å². The highest BCUT2D eigenvalue weighted by molar-refractivity contribution is 7.88. The van der Waals surface area contributed by atoms with Crippen LogP contribution < -0.4 is 0 Å². The van der Waals surface area contributed by atoms with Crippen molar-refractivity contribution in [2.75, 3.05) is 32.4 Å². The zero-order chi connectivity index (χ0) is 24.4. The quantitative estimate of drug-likeness (QED) is 0.568. The molecule has 0 spiro atoms. The standard InChI is InChI=1S/C22H25ClF4N2O3S/c1-33(31,32)29(15-16-2-5-18(24)6-3-16)13-12-28-10-8-21(30,9-11-28)17-4-7-20(23)19(14-17)22(25,26)27/h2-7,14,30H,8-13,15H2,1H3. The lowest BCUT2D eigenvalue weighted by atomic mass is 9.83. The highest BCUT2D eigenvalue weighted by atomic mass is 35.5. The van der Waals surface area contributed by atoms with Crippen LogP contribution in [0.4, 0.5) is 17.6 Å². The van der Waals surface area contributed by atoms with Gasteiger partial charge in [-0.25, -0.2) is 12.8 Å². The second-order valence-electron chi connectivity index (χ2n) is 8.29. The van der Waals surface area contributed by atoms with E-state index in [9.17, 15) is 31.1 Å². The van der Waals surface area contributed by atoms with Crippen molar-refractivity contribution in [3.63, 3.8) is 0 Å². The molecule has 2 aromatic rings. The summed E-state index contributed by atoms with van der Waals surface area (Å²) in [7, 11) is -3.52. The van der Waals surface area contributed by atoms with Crippen molar-refractivity contribution in [2.24, 2.45) is 0 Å². The second kappa shape index (κ2) is 9.87. The van der Waals surface area contributed by atoms with Crippen molar-refractivity contribution in [1.29, 1.82) is 0 Å². The van der Waals surface area contributed by atoms with Gasteiger partial charge in [0, 0.05) is 32.7 Å². The van der Waals surface area contributed by atoms with E-state index in [-0.39, 0.29) is 31.5 Å². The number of rotatable bonds is 7. The van der Waals surface area contributed by atoms with Crippen molar-refractivity contribution in [3.05, 3.63) is 70.0 Å². The minimum absolute atomic E-state index is 0.0991. The Morgan fingerprint density at radius 2 is 1.73 bits per heavy atom. The second-order valence-corrected chi connectivity index (χ2v) is 10.7. The summed E-state index contributed by atoms with van der Waals surface area (Å²) in [5, 5.41) is 10.6. The van der Waals surface area contributed by atoms with Gasteiger partial charge in [-0.3, -0.25) is 0 Å². The molecule has 0 amide bonds. The van der Waals surface area contributed by atoms with E-state index in [1.54, 1.807) is 0 Å². The Morgan fingerprint density at radius 1 is 1.12 bits per heavy atom. The SMILES string of the molecule is CS(=O)(=O)N(CCN1CCC(O)(c2ccc(Cl)c(C(F)(F)F)c2)CC1)Cc1ccc(F)cc1. The molecule has 1 fully saturated rings. The number of nitrogens with zero attached hydrogens (tertiary/aromatic N) is 2. The largest absolute Gasteiger partial charge is 0.417 e. The summed E-state index contributed by atoms with van der Waals surface area (Å²) >= 11 is 5.68. The molecule has 5 nitrogen and oxygen atoms in total. The molecule has 0 bridgehead atoms. The molecule has 0 saturated carbocycles.